The van der Waals surface area contributed by atoms with E-state index in [0.29, 0.717) is 19.0 Å². The van der Waals surface area contributed by atoms with E-state index in [-0.39, 0.29) is 11.9 Å². The molecule has 0 amide bonds. The molecule has 6 nitrogen and oxygen atoms in total. The lowest BCUT2D eigenvalue weighted by Gasteiger charge is -2.28. The number of hydrogen-bond acceptors (Lipinski definition) is 4. The summed E-state index contributed by atoms with van der Waals surface area (Å²) in [4.78, 5) is 2.36. The molecule has 0 aliphatic carbocycles. The van der Waals surface area contributed by atoms with Crippen LogP contribution in [0.5, 0.6) is 0 Å². The second-order valence-corrected chi connectivity index (χ2v) is 10.1. The van der Waals surface area contributed by atoms with E-state index in [4.69, 9.17) is 0 Å². The molecule has 2 unspecified atom stereocenters. The van der Waals surface area contributed by atoms with E-state index >= 15 is 0 Å². The molecule has 3 heterocycles. The first-order chi connectivity index (χ1) is 13.8. The van der Waals surface area contributed by atoms with Crippen molar-refractivity contribution in [2.24, 2.45) is 5.92 Å². The van der Waals surface area contributed by atoms with Gasteiger partial charge in [-0.3, -0.25) is 0 Å². The van der Waals surface area contributed by atoms with Crippen molar-refractivity contribution in [3.05, 3.63) is 54.0 Å². The zero-order valence-electron chi connectivity index (χ0n) is 16.4. The van der Waals surface area contributed by atoms with Crippen LogP contribution < -0.4 is 4.90 Å². The smallest absolute Gasteiger partial charge is 0.211 e. The number of fused-ring (bicyclic) bond motifs is 2. The molecule has 0 radical (unpaired) electrons. The Labute approximate surface area is 169 Å². The van der Waals surface area contributed by atoms with Crippen molar-refractivity contribution in [1.82, 2.24) is 14.1 Å². The van der Waals surface area contributed by atoms with Gasteiger partial charge in [0.25, 0.3) is 0 Å². The van der Waals surface area contributed by atoms with E-state index in [2.05, 4.69) is 29.1 Å². The minimum Gasteiger partial charge on any atom is -0.367 e. The molecule has 8 heteroatoms. The summed E-state index contributed by atoms with van der Waals surface area (Å²) in [5.74, 6) is 0.105. The molecule has 2 saturated heterocycles. The van der Waals surface area contributed by atoms with Gasteiger partial charge < -0.3 is 4.90 Å². The largest absolute Gasteiger partial charge is 0.367 e. The number of nitrogens with zero attached hydrogens (tertiary/aromatic N) is 4. The molecule has 1 aromatic heterocycles. The second-order valence-electron chi connectivity index (χ2n) is 8.12. The van der Waals surface area contributed by atoms with E-state index < -0.39 is 10.0 Å². The summed E-state index contributed by atoms with van der Waals surface area (Å²) in [5, 5.41) is 5.51. The van der Waals surface area contributed by atoms with Gasteiger partial charge in [0.2, 0.25) is 10.0 Å². The average Bonchev–Trinajstić information content (AvgIpc) is 3.35. The first kappa shape index (κ1) is 18.6. The fraction of sp³-hybridized carbons (Fsp3) is 0.381. The maximum absolute atomic E-state index is 13.3. The lowest BCUT2D eigenvalue weighted by atomic mass is 10.0. The molecule has 2 aromatic carbocycles. The first-order valence-corrected chi connectivity index (χ1v) is 11.6. The van der Waals surface area contributed by atoms with Crippen LogP contribution in [-0.2, 0) is 10.0 Å². The molecule has 2 fully saturated rings. The third kappa shape index (κ3) is 3.11. The number of benzene rings is 2. The van der Waals surface area contributed by atoms with Crippen molar-refractivity contribution in [3.63, 3.8) is 0 Å². The molecule has 0 spiro atoms. The third-order valence-corrected chi connectivity index (χ3v) is 7.49. The van der Waals surface area contributed by atoms with Gasteiger partial charge in [0.15, 0.2) is 0 Å². The van der Waals surface area contributed by atoms with Gasteiger partial charge in [0.05, 0.1) is 23.7 Å². The fourth-order valence-corrected chi connectivity index (χ4v) is 5.64. The van der Waals surface area contributed by atoms with Crippen LogP contribution >= 0.6 is 0 Å². The van der Waals surface area contributed by atoms with Gasteiger partial charge in [-0.2, -0.15) is 9.40 Å². The minimum absolute atomic E-state index is 0.216. The van der Waals surface area contributed by atoms with E-state index in [1.54, 1.807) is 16.4 Å². The molecule has 5 rings (SSSR count). The third-order valence-electron chi connectivity index (χ3n) is 6.25. The highest BCUT2D eigenvalue weighted by atomic mass is 32.2. The number of halogens is 1. The Hall–Kier alpha value is -2.45. The van der Waals surface area contributed by atoms with Crippen molar-refractivity contribution in [2.75, 3.05) is 30.8 Å². The summed E-state index contributed by atoms with van der Waals surface area (Å²) in [6.07, 6.45) is 4.12. The van der Waals surface area contributed by atoms with Crippen molar-refractivity contribution in [2.45, 2.75) is 19.4 Å². The molecule has 152 valence electrons. The van der Waals surface area contributed by atoms with Crippen LogP contribution in [0.4, 0.5) is 10.1 Å². The van der Waals surface area contributed by atoms with Gasteiger partial charge in [0, 0.05) is 36.7 Å². The van der Waals surface area contributed by atoms with Gasteiger partial charge in [-0.1, -0.05) is 0 Å². The number of aromatic nitrogens is 2. The van der Waals surface area contributed by atoms with Crippen LogP contribution in [0.25, 0.3) is 16.6 Å². The lowest BCUT2D eigenvalue weighted by molar-refractivity contribution is 0.456. The van der Waals surface area contributed by atoms with Gasteiger partial charge in [0.1, 0.15) is 5.82 Å². The quantitative estimate of drug-likeness (QED) is 0.661. The van der Waals surface area contributed by atoms with E-state index in [1.165, 1.54) is 18.4 Å². The Bertz CT molecular complexity index is 1190. The van der Waals surface area contributed by atoms with Crippen LogP contribution in [0.1, 0.15) is 12.0 Å². The van der Waals surface area contributed by atoms with Crippen molar-refractivity contribution < 1.29 is 12.8 Å². The van der Waals surface area contributed by atoms with Crippen LogP contribution in [0.15, 0.2) is 42.6 Å². The van der Waals surface area contributed by atoms with Crippen LogP contribution in [0, 0.1) is 18.7 Å². The SMILES string of the molecule is Cc1cc2c(cnn2-c2ccc(F)cc2)cc1N1CCC2CN(S(C)(=O)=O)CC21. The Morgan fingerprint density at radius 2 is 1.90 bits per heavy atom. The first-order valence-electron chi connectivity index (χ1n) is 9.77. The maximum Gasteiger partial charge on any atom is 0.211 e. The molecular formula is C21H23FN4O2S. The highest BCUT2D eigenvalue weighted by molar-refractivity contribution is 7.88. The summed E-state index contributed by atoms with van der Waals surface area (Å²) in [6, 6.07) is 10.8. The molecule has 0 saturated carbocycles. The Morgan fingerprint density at radius 3 is 2.62 bits per heavy atom. The number of hydrogen-bond donors (Lipinski definition) is 0. The van der Waals surface area contributed by atoms with E-state index in [9.17, 15) is 12.8 Å². The van der Waals surface area contributed by atoms with Gasteiger partial charge >= 0.3 is 0 Å². The molecule has 0 bridgehead atoms. The number of aryl methyl sites for hydroxylation is 1. The summed E-state index contributed by atoms with van der Waals surface area (Å²) in [6.45, 7) is 4.18. The molecule has 29 heavy (non-hydrogen) atoms. The Morgan fingerprint density at radius 1 is 1.14 bits per heavy atom. The summed E-state index contributed by atoms with van der Waals surface area (Å²) in [5.41, 5.74) is 4.05. The number of sulfonamides is 1. The molecular weight excluding hydrogens is 391 g/mol. The van der Waals surface area contributed by atoms with Gasteiger partial charge in [-0.05, 0) is 61.2 Å². The topological polar surface area (TPSA) is 58.4 Å². The highest BCUT2D eigenvalue weighted by Gasteiger charge is 2.44. The predicted molar refractivity (Wildman–Crippen MR) is 111 cm³/mol. The van der Waals surface area contributed by atoms with Gasteiger partial charge in [-0.25, -0.2) is 17.5 Å². The van der Waals surface area contributed by atoms with Crippen LogP contribution in [-0.4, -0.2) is 54.4 Å². The summed E-state index contributed by atoms with van der Waals surface area (Å²) >= 11 is 0. The highest BCUT2D eigenvalue weighted by Crippen LogP contribution is 2.38. The van der Waals surface area contributed by atoms with Crippen molar-refractivity contribution in [3.8, 4) is 5.69 Å². The normalized spacial score (nSPS) is 22.5. The molecule has 3 aromatic rings. The Balaban J connectivity index is 1.51. The zero-order valence-corrected chi connectivity index (χ0v) is 17.2. The van der Waals surface area contributed by atoms with Crippen molar-refractivity contribution >= 4 is 26.6 Å². The zero-order chi connectivity index (χ0) is 20.3. The van der Waals surface area contributed by atoms with E-state index in [1.807, 2.05) is 10.9 Å². The average molecular weight is 415 g/mol. The van der Waals surface area contributed by atoms with Crippen LogP contribution in [0.3, 0.4) is 0 Å². The molecule has 2 aliphatic heterocycles. The minimum atomic E-state index is -3.16. The monoisotopic (exact) mass is 414 g/mol. The van der Waals surface area contributed by atoms with Crippen LogP contribution in [0.2, 0.25) is 0 Å². The predicted octanol–water partition coefficient (Wildman–Crippen LogP) is 2.94. The molecule has 2 atom stereocenters. The number of rotatable bonds is 3. The molecule has 2 aliphatic rings. The fourth-order valence-electron chi connectivity index (χ4n) is 4.76. The maximum atomic E-state index is 13.3. The van der Waals surface area contributed by atoms with E-state index in [0.717, 1.165) is 40.8 Å². The standard InChI is InChI=1S/C21H23FN4O2S/c1-14-9-20-16(11-23-26(20)18-5-3-17(22)4-6-18)10-19(14)25-8-7-15-12-24(13-21(15)25)29(2,27)28/h3-6,9-11,15,21H,7-8,12-13H2,1-2H3. The lowest BCUT2D eigenvalue weighted by Crippen LogP contribution is -2.37. The second kappa shape index (κ2) is 6.53. The molecule has 0 N–H and O–H groups in total. The number of anilines is 1. The van der Waals surface area contributed by atoms with Gasteiger partial charge in [-0.15, -0.1) is 0 Å². The summed E-state index contributed by atoms with van der Waals surface area (Å²) in [7, 11) is -3.16. The van der Waals surface area contributed by atoms with Crippen molar-refractivity contribution in [1.29, 1.82) is 0 Å². The summed E-state index contributed by atoms with van der Waals surface area (Å²) < 4.78 is 40.7. The Kier molecular flexibility index (Phi) is 4.18.